The number of hydrogen-bond donors (Lipinski definition) is 1. The van der Waals surface area contributed by atoms with E-state index < -0.39 is 5.60 Å². The lowest BCUT2D eigenvalue weighted by atomic mass is 10.0. The monoisotopic (exact) mass is 174 g/mol. The van der Waals surface area contributed by atoms with E-state index in [-0.39, 0.29) is 12.7 Å². The molecule has 0 aliphatic carbocycles. The van der Waals surface area contributed by atoms with Crippen LogP contribution in [0.1, 0.15) is 12.8 Å². The van der Waals surface area contributed by atoms with Gasteiger partial charge in [0.1, 0.15) is 5.60 Å². The zero-order valence-corrected chi connectivity index (χ0v) is 6.92. The van der Waals surface area contributed by atoms with Crippen molar-refractivity contribution in [2.45, 2.75) is 24.5 Å². The van der Waals surface area contributed by atoms with Crippen molar-refractivity contribution in [3.05, 3.63) is 18.5 Å². The molecule has 0 saturated carbocycles. The van der Waals surface area contributed by atoms with Crippen LogP contribution in [0.25, 0.3) is 0 Å². The Morgan fingerprint density at radius 2 is 2.55 bits per heavy atom. The fourth-order valence-corrected chi connectivity index (χ4v) is 1.44. The van der Waals surface area contributed by atoms with Gasteiger partial charge in [-0.2, -0.15) is 0 Å². The molecule has 0 amide bonds. The molecule has 0 spiro atoms. The van der Waals surface area contributed by atoms with Gasteiger partial charge in [-0.25, -0.2) is 0 Å². The molecule has 2 atom stereocenters. The number of halogens is 1. The van der Waals surface area contributed by atoms with Gasteiger partial charge in [-0.05, 0) is 25.8 Å². The molecule has 0 bridgehead atoms. The van der Waals surface area contributed by atoms with Crippen LogP contribution in [0.15, 0.2) is 11.6 Å². The van der Waals surface area contributed by atoms with Crippen molar-refractivity contribution in [2.24, 2.45) is 0 Å². The summed E-state index contributed by atoms with van der Waals surface area (Å²) in [7, 11) is 0. The molecule has 62 valence electrons. The number of aliphatic hydroxyl groups excluding tert-OH is 1. The summed E-state index contributed by atoms with van der Waals surface area (Å²) in [4.78, 5) is 0. The van der Waals surface area contributed by atoms with Gasteiger partial charge < -0.3 is 9.84 Å². The highest BCUT2D eigenvalue weighted by Crippen LogP contribution is 2.30. The van der Waals surface area contributed by atoms with Crippen molar-refractivity contribution in [3.8, 4) is 0 Å². The van der Waals surface area contributed by atoms with Crippen LogP contribution in [-0.4, -0.2) is 23.4 Å². The van der Waals surface area contributed by atoms with Crippen LogP contribution in [-0.2, 0) is 4.74 Å². The Kier molecular flexibility index (Phi) is 2.93. The molecule has 1 fully saturated rings. The Morgan fingerprint density at radius 3 is 2.91 bits per heavy atom. The predicted molar refractivity (Wildman–Crippen MR) is 43.2 cm³/mol. The Bertz CT molecular complexity index is 158. The average Bonchev–Trinajstić information content (AvgIpc) is 2.34. The second-order valence-electron chi connectivity index (χ2n) is 2.71. The van der Waals surface area contributed by atoms with Crippen molar-refractivity contribution in [1.29, 1.82) is 0 Å². The van der Waals surface area contributed by atoms with Crippen LogP contribution < -0.4 is 0 Å². The van der Waals surface area contributed by atoms with Gasteiger partial charge in [0.25, 0.3) is 0 Å². The lowest BCUT2D eigenvalue weighted by molar-refractivity contribution is -0.0257. The normalized spacial score (nSPS) is 38.6. The molecule has 1 rings (SSSR count). The van der Waals surface area contributed by atoms with E-state index in [4.69, 9.17) is 28.4 Å². The van der Waals surface area contributed by atoms with E-state index in [1.165, 1.54) is 5.54 Å². The highest BCUT2D eigenvalue weighted by Gasteiger charge is 2.35. The summed E-state index contributed by atoms with van der Waals surface area (Å²) in [6, 6.07) is 0. The number of ether oxygens (including phenoxy) is 1. The van der Waals surface area contributed by atoms with Gasteiger partial charge in [-0.1, -0.05) is 11.6 Å². The summed E-state index contributed by atoms with van der Waals surface area (Å²) < 4.78 is 5.30. The zero-order chi connectivity index (χ0) is 8.32. The van der Waals surface area contributed by atoms with Gasteiger partial charge >= 0.3 is 0 Å². The SMILES string of the molecule is [CH][C@H]1CC[C@@](/C=C/Cl)(CO)O1. The topological polar surface area (TPSA) is 29.5 Å². The minimum Gasteiger partial charge on any atom is -0.393 e. The average molecular weight is 175 g/mol. The molecule has 0 aromatic rings. The molecule has 1 aliphatic rings. The molecular formula is C8H11ClO2. The van der Waals surface area contributed by atoms with E-state index in [1.807, 2.05) is 0 Å². The van der Waals surface area contributed by atoms with Crippen LogP contribution in [0.2, 0.25) is 0 Å². The summed E-state index contributed by atoms with van der Waals surface area (Å²) in [5, 5.41) is 8.97. The first-order chi connectivity index (χ1) is 5.22. The standard InChI is InChI=1S/C8H11ClO2/c1-7-2-3-8(6-10,11-7)4-5-9/h1,4-5,7,10H,2-3,6H2/b5-4+/t7-,8+/m0/s1. The molecule has 0 aromatic carbocycles. The third-order valence-electron chi connectivity index (χ3n) is 1.87. The molecule has 1 heterocycles. The fraction of sp³-hybridized carbons (Fsp3) is 0.625. The lowest BCUT2D eigenvalue weighted by Gasteiger charge is -2.21. The first-order valence-corrected chi connectivity index (χ1v) is 3.98. The van der Waals surface area contributed by atoms with Gasteiger partial charge in [-0.15, -0.1) is 0 Å². The molecule has 1 saturated heterocycles. The Morgan fingerprint density at radius 1 is 1.82 bits per heavy atom. The summed E-state index contributed by atoms with van der Waals surface area (Å²) in [6.07, 6.45) is 2.87. The highest BCUT2D eigenvalue weighted by atomic mass is 35.5. The molecular weight excluding hydrogens is 164 g/mol. The van der Waals surface area contributed by atoms with Gasteiger partial charge in [0, 0.05) is 5.54 Å². The molecule has 3 heteroatoms. The summed E-state index contributed by atoms with van der Waals surface area (Å²) in [5.74, 6) is 0. The van der Waals surface area contributed by atoms with Crippen molar-refractivity contribution in [3.63, 3.8) is 0 Å². The van der Waals surface area contributed by atoms with E-state index in [0.29, 0.717) is 0 Å². The van der Waals surface area contributed by atoms with E-state index in [0.717, 1.165) is 12.8 Å². The maximum Gasteiger partial charge on any atom is 0.111 e. The lowest BCUT2D eigenvalue weighted by Crippen LogP contribution is -2.30. The second kappa shape index (κ2) is 3.57. The van der Waals surface area contributed by atoms with Gasteiger partial charge in [0.2, 0.25) is 0 Å². The third-order valence-corrected chi connectivity index (χ3v) is 2.00. The number of rotatable bonds is 2. The van der Waals surface area contributed by atoms with Crippen LogP contribution >= 0.6 is 11.6 Å². The van der Waals surface area contributed by atoms with Crippen LogP contribution in [0.4, 0.5) is 0 Å². The van der Waals surface area contributed by atoms with E-state index >= 15 is 0 Å². The summed E-state index contributed by atoms with van der Waals surface area (Å²) in [6.45, 7) is 5.44. The predicted octanol–water partition coefficient (Wildman–Crippen LogP) is 1.36. The highest BCUT2D eigenvalue weighted by molar-refractivity contribution is 6.25. The van der Waals surface area contributed by atoms with E-state index in [9.17, 15) is 0 Å². The zero-order valence-electron chi connectivity index (χ0n) is 6.16. The van der Waals surface area contributed by atoms with Gasteiger partial charge in [-0.3, -0.25) is 0 Å². The molecule has 11 heavy (non-hydrogen) atoms. The maximum absolute atomic E-state index is 8.97. The largest absolute Gasteiger partial charge is 0.393 e. The molecule has 0 unspecified atom stereocenters. The number of hydrogen-bond acceptors (Lipinski definition) is 2. The minimum absolute atomic E-state index is 0.0656. The first kappa shape index (κ1) is 9.04. The van der Waals surface area contributed by atoms with E-state index in [2.05, 4.69) is 0 Å². The molecule has 2 radical (unpaired) electrons. The second-order valence-corrected chi connectivity index (χ2v) is 2.96. The van der Waals surface area contributed by atoms with E-state index in [1.54, 1.807) is 6.08 Å². The Balaban J connectivity index is 2.62. The molecule has 1 aliphatic heterocycles. The third kappa shape index (κ3) is 1.95. The molecule has 2 nitrogen and oxygen atoms in total. The maximum atomic E-state index is 8.97. The molecule has 1 N–H and O–H groups in total. The van der Waals surface area contributed by atoms with Crippen molar-refractivity contribution in [1.82, 2.24) is 0 Å². The van der Waals surface area contributed by atoms with Crippen molar-refractivity contribution < 1.29 is 9.84 Å². The minimum atomic E-state index is -0.624. The fourth-order valence-electron chi connectivity index (χ4n) is 1.21. The smallest absolute Gasteiger partial charge is 0.111 e. The summed E-state index contributed by atoms with van der Waals surface area (Å²) >= 11 is 5.39. The first-order valence-electron chi connectivity index (χ1n) is 3.54. The van der Waals surface area contributed by atoms with Gasteiger partial charge in [0.15, 0.2) is 0 Å². The molecule has 0 aromatic heterocycles. The Labute approximate surface area is 71.8 Å². The van der Waals surface area contributed by atoms with Crippen LogP contribution in [0.3, 0.4) is 0 Å². The van der Waals surface area contributed by atoms with Crippen molar-refractivity contribution in [2.75, 3.05) is 6.61 Å². The van der Waals surface area contributed by atoms with Gasteiger partial charge in [0.05, 0.1) is 12.7 Å². The van der Waals surface area contributed by atoms with Crippen LogP contribution in [0, 0.1) is 6.92 Å². The van der Waals surface area contributed by atoms with Crippen LogP contribution in [0.5, 0.6) is 0 Å². The quantitative estimate of drug-likeness (QED) is 0.685. The number of aliphatic hydroxyl groups is 1. The Hall–Kier alpha value is -0.0500. The van der Waals surface area contributed by atoms with Crippen molar-refractivity contribution >= 4 is 11.6 Å². The summed E-state index contributed by atoms with van der Waals surface area (Å²) in [5.41, 5.74) is 0.732.